The van der Waals surface area contributed by atoms with E-state index in [1.807, 2.05) is 34.1 Å². The van der Waals surface area contributed by atoms with Crippen molar-refractivity contribution >= 4 is 27.5 Å². The summed E-state index contributed by atoms with van der Waals surface area (Å²) in [5.41, 5.74) is 7.13. The molecule has 1 aromatic carbocycles. The Morgan fingerprint density at radius 1 is 1.24 bits per heavy atom. The molecule has 0 aliphatic rings. The number of nitrogens with two attached hydrogens (primary N) is 1. The molecule has 3 nitrogen and oxygen atoms in total. The van der Waals surface area contributed by atoms with E-state index in [0.29, 0.717) is 0 Å². The van der Waals surface area contributed by atoms with Crippen molar-refractivity contribution < 1.29 is 9.47 Å². The summed E-state index contributed by atoms with van der Waals surface area (Å²) >= 11 is 1.64. The maximum absolute atomic E-state index is 6.05. The number of ether oxygens (including phenoxy) is 2. The van der Waals surface area contributed by atoms with Crippen LogP contribution in [0.25, 0.3) is 0 Å². The minimum absolute atomic E-state index is 0.265. The van der Waals surface area contributed by atoms with Crippen LogP contribution in [0, 0.1) is 0 Å². The normalized spacial score (nSPS) is 11.3. The van der Waals surface area contributed by atoms with Gasteiger partial charge >= 0.3 is 0 Å². The smallest absolute Gasteiger partial charge is 0.132 e. The van der Waals surface area contributed by atoms with Crippen molar-refractivity contribution in [2.75, 3.05) is 20.5 Å². The second kappa shape index (κ2) is 5.74. The Morgan fingerprint density at radius 2 is 1.82 bits per heavy atom. The molecule has 1 rings (SSSR count). The van der Waals surface area contributed by atoms with Gasteiger partial charge in [-0.25, -0.2) is 0 Å². The van der Waals surface area contributed by atoms with Gasteiger partial charge in [0.1, 0.15) is 27.2 Å². The lowest BCUT2D eigenvalue weighted by atomic mass is 9.60. The quantitative estimate of drug-likeness (QED) is 0.583. The van der Waals surface area contributed by atoms with E-state index in [4.69, 9.17) is 15.2 Å². The molecule has 0 heterocycles. The Hall–Kier alpha value is -0.740. The van der Waals surface area contributed by atoms with Crippen LogP contribution in [0.3, 0.4) is 0 Å². The molecule has 6 heteroatoms. The van der Waals surface area contributed by atoms with E-state index < -0.39 is 0 Å². The Balaban J connectivity index is 3.19. The summed E-state index contributed by atoms with van der Waals surface area (Å²) in [5, 5.41) is -0.265. The summed E-state index contributed by atoms with van der Waals surface area (Å²) in [6.45, 7) is 0. The average Bonchev–Trinajstić information content (AvgIpc) is 2.26. The minimum atomic E-state index is -0.265. The summed E-state index contributed by atoms with van der Waals surface area (Å²) in [6, 6.07) is 4.02. The Kier molecular flexibility index (Phi) is 4.83. The molecule has 0 fully saturated rings. The van der Waals surface area contributed by atoms with Gasteiger partial charge in [-0.15, -0.1) is 11.8 Å². The molecule has 2 N–H and O–H groups in total. The highest BCUT2D eigenvalue weighted by Crippen LogP contribution is 2.35. The first-order valence-corrected chi connectivity index (χ1v) is 6.71. The van der Waals surface area contributed by atoms with Crippen molar-refractivity contribution in [2.24, 2.45) is 5.73 Å². The van der Waals surface area contributed by atoms with Gasteiger partial charge in [-0.2, -0.15) is 0 Å². The van der Waals surface area contributed by atoms with Gasteiger partial charge in [0.15, 0.2) is 0 Å². The average molecular weight is 251 g/mol. The molecule has 1 aromatic rings. The van der Waals surface area contributed by atoms with E-state index in [1.54, 1.807) is 26.0 Å². The molecule has 0 amide bonds. The van der Waals surface area contributed by atoms with E-state index in [-0.39, 0.29) is 5.34 Å². The van der Waals surface area contributed by atoms with E-state index >= 15 is 0 Å². The van der Waals surface area contributed by atoms with Crippen molar-refractivity contribution in [2.45, 2.75) is 16.7 Å². The first-order valence-electron chi connectivity index (χ1n) is 5.49. The fourth-order valence-corrected chi connectivity index (χ4v) is 2.29. The Bertz CT molecular complexity index is 394. The first-order chi connectivity index (χ1) is 7.91. The lowest BCUT2D eigenvalue weighted by Gasteiger charge is -2.21. The monoisotopic (exact) mass is 251 g/mol. The maximum Gasteiger partial charge on any atom is 0.132 e. The van der Waals surface area contributed by atoms with Gasteiger partial charge in [-0.3, -0.25) is 0 Å². The predicted molar refractivity (Wildman–Crippen MR) is 79.0 cm³/mol. The fraction of sp³-hybridized carbons (Fsp3) is 0.455. The van der Waals surface area contributed by atoms with Gasteiger partial charge in [0.05, 0.1) is 19.1 Å². The van der Waals surface area contributed by atoms with Crippen molar-refractivity contribution in [3.8, 4) is 11.5 Å². The summed E-state index contributed by atoms with van der Waals surface area (Å²) in [7, 11) is 7.36. The predicted octanol–water partition coefficient (Wildman–Crippen LogP) is -0.153. The third-order valence-corrected chi connectivity index (χ3v) is 3.19. The van der Waals surface area contributed by atoms with E-state index in [1.165, 1.54) is 0 Å². The zero-order valence-electron chi connectivity index (χ0n) is 11.2. The number of benzene rings is 1. The Labute approximate surface area is 109 Å². The zero-order chi connectivity index (χ0) is 13.1. The molecule has 0 aromatic heterocycles. The van der Waals surface area contributed by atoms with Crippen LogP contribution < -0.4 is 15.2 Å². The SMILES string of the molecule is BC(B)(N)Cc1cc(OC)c(SC)cc1OC. The summed E-state index contributed by atoms with van der Waals surface area (Å²) < 4.78 is 10.8. The lowest BCUT2D eigenvalue weighted by molar-refractivity contribution is 0.390. The molecule has 0 saturated heterocycles. The number of methoxy groups -OCH3 is 2. The Morgan fingerprint density at radius 3 is 2.24 bits per heavy atom. The summed E-state index contributed by atoms with van der Waals surface area (Å²) in [5.74, 6) is 1.74. The summed E-state index contributed by atoms with van der Waals surface area (Å²) in [6.07, 6.45) is 2.77. The highest BCUT2D eigenvalue weighted by atomic mass is 32.2. The van der Waals surface area contributed by atoms with Crippen LogP contribution in [-0.2, 0) is 6.42 Å². The number of hydrogen-bond acceptors (Lipinski definition) is 4. The van der Waals surface area contributed by atoms with E-state index in [9.17, 15) is 0 Å². The third kappa shape index (κ3) is 3.89. The van der Waals surface area contributed by atoms with E-state index in [0.717, 1.165) is 28.4 Å². The highest BCUT2D eigenvalue weighted by Gasteiger charge is 2.17. The lowest BCUT2D eigenvalue weighted by Crippen LogP contribution is -2.43. The highest BCUT2D eigenvalue weighted by molar-refractivity contribution is 7.98. The van der Waals surface area contributed by atoms with Crippen molar-refractivity contribution in [3.05, 3.63) is 17.7 Å². The largest absolute Gasteiger partial charge is 0.496 e. The first kappa shape index (κ1) is 14.3. The van der Waals surface area contributed by atoms with Crippen molar-refractivity contribution in [3.63, 3.8) is 0 Å². The second-order valence-corrected chi connectivity index (χ2v) is 5.53. The molecule has 0 aliphatic carbocycles. The third-order valence-electron chi connectivity index (χ3n) is 2.43. The molecule has 0 unspecified atom stereocenters. The van der Waals surface area contributed by atoms with Crippen LogP contribution >= 0.6 is 11.8 Å². The molecule has 0 saturated carbocycles. The number of hydrogen-bond donors (Lipinski definition) is 1. The molecule has 0 bridgehead atoms. The van der Waals surface area contributed by atoms with Crippen LogP contribution in [0.1, 0.15) is 5.56 Å². The van der Waals surface area contributed by atoms with Crippen molar-refractivity contribution in [1.82, 2.24) is 0 Å². The fourth-order valence-electron chi connectivity index (χ4n) is 1.72. The molecular weight excluding hydrogens is 232 g/mol. The molecule has 0 spiro atoms. The molecule has 92 valence electrons. The van der Waals surface area contributed by atoms with Gasteiger partial charge in [0.25, 0.3) is 0 Å². The number of thioether (sulfide) groups is 1. The zero-order valence-corrected chi connectivity index (χ0v) is 12.0. The topological polar surface area (TPSA) is 44.5 Å². The standard InChI is InChI=1S/C11H19B2NO2S/c1-15-8-5-10(17-3)9(16-2)4-7(8)6-11(12,13)14/h4-5H,6,12-14H2,1-3H3. The van der Waals surface area contributed by atoms with Crippen molar-refractivity contribution in [1.29, 1.82) is 0 Å². The molecule has 17 heavy (non-hydrogen) atoms. The molecule has 0 atom stereocenters. The second-order valence-electron chi connectivity index (χ2n) is 4.68. The number of rotatable bonds is 5. The maximum atomic E-state index is 6.05. The summed E-state index contributed by atoms with van der Waals surface area (Å²) in [4.78, 5) is 1.07. The van der Waals surface area contributed by atoms with Crippen LogP contribution in [0.4, 0.5) is 0 Å². The van der Waals surface area contributed by atoms with Crippen LogP contribution in [0.15, 0.2) is 17.0 Å². The molecular formula is C11H19B2NO2S. The van der Waals surface area contributed by atoms with E-state index in [2.05, 4.69) is 0 Å². The van der Waals surface area contributed by atoms with Crippen LogP contribution in [-0.4, -0.2) is 41.5 Å². The van der Waals surface area contributed by atoms with Gasteiger partial charge in [0, 0.05) is 0 Å². The molecule has 0 aliphatic heterocycles. The van der Waals surface area contributed by atoms with Gasteiger partial charge < -0.3 is 15.2 Å². The minimum Gasteiger partial charge on any atom is -0.496 e. The molecule has 0 radical (unpaired) electrons. The van der Waals surface area contributed by atoms with Crippen LogP contribution in [0.5, 0.6) is 11.5 Å². The van der Waals surface area contributed by atoms with Crippen LogP contribution in [0.2, 0.25) is 0 Å². The van der Waals surface area contributed by atoms with Gasteiger partial charge in [-0.05, 0) is 35.7 Å². The van der Waals surface area contributed by atoms with Gasteiger partial charge in [-0.1, -0.05) is 0 Å². The van der Waals surface area contributed by atoms with Gasteiger partial charge in [0.2, 0.25) is 0 Å².